The van der Waals surface area contributed by atoms with Crippen LogP contribution >= 0.6 is 11.6 Å². The average Bonchev–Trinajstić information content (AvgIpc) is 2.73. The van der Waals surface area contributed by atoms with E-state index in [4.69, 9.17) is 11.6 Å². The van der Waals surface area contributed by atoms with E-state index >= 15 is 0 Å². The Bertz CT molecular complexity index is 850. The molecule has 4 nitrogen and oxygen atoms in total. The molecule has 2 aromatic rings. The Morgan fingerprint density at radius 2 is 1.83 bits per heavy atom. The van der Waals surface area contributed by atoms with E-state index in [1.54, 1.807) is 18.2 Å². The van der Waals surface area contributed by atoms with Crippen molar-refractivity contribution in [1.82, 2.24) is 10.2 Å². The van der Waals surface area contributed by atoms with E-state index in [9.17, 15) is 14.0 Å². The van der Waals surface area contributed by atoms with E-state index in [-0.39, 0.29) is 23.5 Å². The van der Waals surface area contributed by atoms with Gasteiger partial charge in [0.2, 0.25) is 11.8 Å². The molecule has 0 atom stereocenters. The van der Waals surface area contributed by atoms with Crippen LogP contribution in [0.3, 0.4) is 0 Å². The molecule has 1 aliphatic rings. The lowest BCUT2D eigenvalue weighted by Gasteiger charge is -2.31. The van der Waals surface area contributed by atoms with Crippen LogP contribution in [0.4, 0.5) is 4.39 Å². The molecular weight excluding hydrogens is 391 g/mol. The third kappa shape index (κ3) is 6.29. The van der Waals surface area contributed by atoms with Crippen molar-refractivity contribution in [3.8, 4) is 0 Å². The molecule has 0 aliphatic carbocycles. The van der Waals surface area contributed by atoms with Crippen LogP contribution in [0.5, 0.6) is 0 Å². The highest BCUT2D eigenvalue weighted by Crippen LogP contribution is 2.19. The molecule has 154 valence electrons. The number of hydrogen-bond donors (Lipinski definition) is 1. The molecule has 1 fully saturated rings. The summed E-state index contributed by atoms with van der Waals surface area (Å²) in [6.07, 6.45) is 2.90. The number of rotatable bonds is 7. The van der Waals surface area contributed by atoms with E-state index in [0.717, 1.165) is 5.56 Å². The SMILES string of the molecule is O=C(NCCc1ccccc1F)C1CCN(C(=O)CCc2cccc(Cl)c2)CC1. The number of carbonyl (C=O) groups is 2. The van der Waals surface area contributed by atoms with Gasteiger partial charge in [0.25, 0.3) is 0 Å². The average molecular weight is 417 g/mol. The first kappa shape index (κ1) is 21.3. The Morgan fingerprint density at radius 3 is 2.55 bits per heavy atom. The van der Waals surface area contributed by atoms with Crippen molar-refractivity contribution in [2.24, 2.45) is 5.92 Å². The van der Waals surface area contributed by atoms with Gasteiger partial charge < -0.3 is 10.2 Å². The van der Waals surface area contributed by atoms with E-state index in [2.05, 4.69) is 5.32 Å². The van der Waals surface area contributed by atoms with Gasteiger partial charge in [-0.25, -0.2) is 4.39 Å². The quantitative estimate of drug-likeness (QED) is 0.741. The number of carbonyl (C=O) groups excluding carboxylic acids is 2. The molecule has 2 aromatic carbocycles. The minimum atomic E-state index is -0.244. The summed E-state index contributed by atoms with van der Waals surface area (Å²) in [5, 5.41) is 3.58. The highest BCUT2D eigenvalue weighted by atomic mass is 35.5. The molecule has 1 heterocycles. The van der Waals surface area contributed by atoms with Gasteiger partial charge in [-0.3, -0.25) is 9.59 Å². The van der Waals surface area contributed by atoms with Crippen molar-refractivity contribution in [1.29, 1.82) is 0 Å². The molecule has 0 spiro atoms. The van der Waals surface area contributed by atoms with Crippen molar-refractivity contribution in [2.75, 3.05) is 19.6 Å². The molecule has 0 aromatic heterocycles. The predicted molar refractivity (Wildman–Crippen MR) is 112 cm³/mol. The third-order valence-electron chi connectivity index (χ3n) is 5.39. The molecule has 2 amide bonds. The van der Waals surface area contributed by atoms with Crippen LogP contribution in [-0.4, -0.2) is 36.3 Å². The molecule has 6 heteroatoms. The van der Waals surface area contributed by atoms with Crippen LogP contribution in [0, 0.1) is 11.7 Å². The molecular formula is C23H26ClFN2O2. The van der Waals surface area contributed by atoms with Gasteiger partial charge in [-0.15, -0.1) is 0 Å². The maximum absolute atomic E-state index is 13.6. The summed E-state index contributed by atoms with van der Waals surface area (Å²) in [4.78, 5) is 26.7. The normalized spacial score (nSPS) is 14.6. The van der Waals surface area contributed by atoms with Gasteiger partial charge in [-0.05, 0) is 55.0 Å². The van der Waals surface area contributed by atoms with Crippen molar-refractivity contribution < 1.29 is 14.0 Å². The highest BCUT2D eigenvalue weighted by molar-refractivity contribution is 6.30. The summed E-state index contributed by atoms with van der Waals surface area (Å²) in [5.74, 6) is -0.227. The number of hydrogen-bond acceptors (Lipinski definition) is 2. The molecule has 1 aliphatic heterocycles. The molecule has 0 radical (unpaired) electrons. The zero-order valence-corrected chi connectivity index (χ0v) is 17.1. The van der Waals surface area contributed by atoms with Crippen molar-refractivity contribution >= 4 is 23.4 Å². The second-order valence-corrected chi connectivity index (χ2v) is 7.85. The maximum Gasteiger partial charge on any atom is 0.223 e. The second-order valence-electron chi connectivity index (χ2n) is 7.42. The fourth-order valence-corrected chi connectivity index (χ4v) is 3.87. The Morgan fingerprint density at radius 1 is 1.07 bits per heavy atom. The van der Waals surface area contributed by atoms with E-state index < -0.39 is 0 Å². The minimum absolute atomic E-state index is 0.00707. The van der Waals surface area contributed by atoms with Crippen molar-refractivity contribution in [2.45, 2.75) is 32.1 Å². The Hall–Kier alpha value is -2.40. The van der Waals surface area contributed by atoms with E-state index in [1.807, 2.05) is 29.2 Å². The van der Waals surface area contributed by atoms with E-state index in [1.165, 1.54) is 6.07 Å². The Labute approximate surface area is 176 Å². The summed E-state index contributed by atoms with van der Waals surface area (Å²) in [5.41, 5.74) is 1.66. The zero-order chi connectivity index (χ0) is 20.6. The number of halogens is 2. The van der Waals surface area contributed by atoms with Gasteiger partial charge in [0, 0.05) is 37.0 Å². The third-order valence-corrected chi connectivity index (χ3v) is 5.62. The fraction of sp³-hybridized carbons (Fsp3) is 0.391. The van der Waals surface area contributed by atoms with Crippen LogP contribution in [0.1, 0.15) is 30.4 Å². The lowest BCUT2D eigenvalue weighted by atomic mass is 9.95. The van der Waals surface area contributed by atoms with Crippen molar-refractivity contribution in [3.05, 3.63) is 70.5 Å². The highest BCUT2D eigenvalue weighted by Gasteiger charge is 2.26. The smallest absolute Gasteiger partial charge is 0.223 e. The molecule has 1 N–H and O–H groups in total. The van der Waals surface area contributed by atoms with Crippen LogP contribution < -0.4 is 5.32 Å². The van der Waals surface area contributed by atoms with Gasteiger partial charge in [0.15, 0.2) is 0 Å². The van der Waals surface area contributed by atoms with Gasteiger partial charge in [0.1, 0.15) is 5.82 Å². The monoisotopic (exact) mass is 416 g/mol. The first-order valence-corrected chi connectivity index (χ1v) is 10.4. The lowest BCUT2D eigenvalue weighted by Crippen LogP contribution is -2.43. The number of benzene rings is 2. The second kappa shape index (κ2) is 10.4. The maximum atomic E-state index is 13.6. The number of aryl methyl sites for hydroxylation is 1. The number of likely N-dealkylation sites (tertiary alicyclic amines) is 1. The summed E-state index contributed by atoms with van der Waals surface area (Å²) in [6, 6.07) is 14.2. The van der Waals surface area contributed by atoms with Crippen molar-refractivity contribution in [3.63, 3.8) is 0 Å². The molecule has 3 rings (SSSR count). The lowest BCUT2D eigenvalue weighted by molar-refractivity contribution is -0.135. The van der Waals surface area contributed by atoms with Gasteiger partial charge in [-0.2, -0.15) is 0 Å². The largest absolute Gasteiger partial charge is 0.356 e. The van der Waals surface area contributed by atoms with Crippen LogP contribution in [-0.2, 0) is 22.4 Å². The fourth-order valence-electron chi connectivity index (χ4n) is 3.66. The Balaban J connectivity index is 1.37. The molecule has 29 heavy (non-hydrogen) atoms. The Kier molecular flexibility index (Phi) is 7.64. The predicted octanol–water partition coefficient (Wildman–Crippen LogP) is 4.01. The van der Waals surface area contributed by atoms with Gasteiger partial charge in [0.05, 0.1) is 0 Å². The van der Waals surface area contributed by atoms with Gasteiger partial charge in [-0.1, -0.05) is 41.9 Å². The van der Waals surface area contributed by atoms with E-state index in [0.29, 0.717) is 62.3 Å². The summed E-state index contributed by atoms with van der Waals surface area (Å²) in [7, 11) is 0. The number of piperidine rings is 1. The van der Waals surface area contributed by atoms with Crippen LogP contribution in [0.15, 0.2) is 48.5 Å². The zero-order valence-electron chi connectivity index (χ0n) is 16.4. The molecule has 1 saturated heterocycles. The first-order valence-electron chi connectivity index (χ1n) is 10.1. The summed E-state index contributed by atoms with van der Waals surface area (Å²) >= 11 is 5.98. The number of nitrogens with one attached hydrogen (secondary N) is 1. The molecule has 0 saturated carbocycles. The standard InChI is InChI=1S/C23H26ClFN2O2/c24-20-6-3-4-17(16-20)8-9-22(28)27-14-11-19(12-15-27)23(29)26-13-10-18-5-1-2-7-21(18)25/h1-7,16,19H,8-15H2,(H,26,29). The van der Waals surface area contributed by atoms with Crippen LogP contribution in [0.2, 0.25) is 5.02 Å². The molecule has 0 bridgehead atoms. The molecule has 0 unspecified atom stereocenters. The van der Waals surface area contributed by atoms with Gasteiger partial charge >= 0.3 is 0 Å². The first-order chi connectivity index (χ1) is 14.0. The summed E-state index contributed by atoms with van der Waals surface area (Å²) in [6.45, 7) is 1.61. The topological polar surface area (TPSA) is 49.4 Å². The minimum Gasteiger partial charge on any atom is -0.356 e. The number of nitrogens with zero attached hydrogens (tertiary/aromatic N) is 1. The number of amides is 2. The summed E-state index contributed by atoms with van der Waals surface area (Å²) < 4.78 is 13.6. The van der Waals surface area contributed by atoms with Crippen LogP contribution in [0.25, 0.3) is 0 Å².